The Balaban J connectivity index is 1.64. The number of carbonyl (C=O) groups excluding carboxylic acids is 1. The molecule has 126 valence electrons. The van der Waals surface area contributed by atoms with Gasteiger partial charge in [-0.3, -0.25) is 4.79 Å². The number of nitrogens with one attached hydrogen (secondary N) is 1. The van der Waals surface area contributed by atoms with Crippen LogP contribution in [-0.2, 0) is 6.42 Å². The third-order valence-electron chi connectivity index (χ3n) is 4.54. The topological polar surface area (TPSA) is 29.1 Å². The van der Waals surface area contributed by atoms with Crippen LogP contribution >= 0.6 is 0 Å². The summed E-state index contributed by atoms with van der Waals surface area (Å²) in [6.45, 7) is 0. The molecule has 0 fully saturated rings. The molecule has 26 heavy (non-hydrogen) atoms. The largest absolute Gasteiger partial charge is 0.322 e. The molecule has 0 heterocycles. The van der Waals surface area contributed by atoms with E-state index in [1.54, 1.807) is 0 Å². The lowest BCUT2D eigenvalue weighted by atomic mass is 10.0. The molecule has 0 aliphatic rings. The molecular weight excluding hydrogens is 318 g/mol. The molecule has 0 bridgehead atoms. The molecule has 2 nitrogen and oxygen atoms in total. The molecule has 0 saturated heterocycles. The number of fused-ring (bicyclic) bond motifs is 1. The van der Waals surface area contributed by atoms with Gasteiger partial charge in [0.05, 0.1) is 0 Å². The van der Waals surface area contributed by atoms with Gasteiger partial charge < -0.3 is 5.32 Å². The van der Waals surface area contributed by atoms with E-state index in [1.165, 1.54) is 5.56 Å². The lowest BCUT2D eigenvalue weighted by Crippen LogP contribution is -2.13. The van der Waals surface area contributed by atoms with Gasteiger partial charge in [-0.2, -0.15) is 0 Å². The fourth-order valence-corrected chi connectivity index (χ4v) is 3.23. The Morgan fingerprint density at radius 2 is 1.38 bits per heavy atom. The van der Waals surface area contributed by atoms with Crippen molar-refractivity contribution in [3.05, 3.63) is 114 Å². The Hall–Kier alpha value is -3.39. The molecule has 0 aromatic heterocycles. The maximum atomic E-state index is 12.9. The summed E-state index contributed by atoms with van der Waals surface area (Å²) in [5, 5.41) is 5.13. The average molecular weight is 337 g/mol. The van der Waals surface area contributed by atoms with E-state index in [2.05, 4.69) is 23.5 Å². The number of anilines is 1. The van der Waals surface area contributed by atoms with Crippen LogP contribution in [0.1, 0.15) is 21.5 Å². The Bertz CT molecular complexity index is 1050. The van der Waals surface area contributed by atoms with Crippen molar-refractivity contribution < 1.29 is 4.79 Å². The van der Waals surface area contributed by atoms with Crippen LogP contribution in [0, 0.1) is 0 Å². The third-order valence-corrected chi connectivity index (χ3v) is 4.54. The second-order valence-electron chi connectivity index (χ2n) is 6.30. The summed E-state index contributed by atoms with van der Waals surface area (Å²) in [5.41, 5.74) is 3.87. The summed E-state index contributed by atoms with van der Waals surface area (Å²) < 4.78 is 0. The SMILES string of the molecule is O=C(Nc1ccccc1Cc1ccccc1)c1cccc2ccccc12. The summed E-state index contributed by atoms with van der Waals surface area (Å²) in [7, 11) is 0. The first kappa shape index (κ1) is 16.1. The van der Waals surface area contributed by atoms with E-state index in [0.29, 0.717) is 5.56 Å². The van der Waals surface area contributed by atoms with Crippen LogP contribution in [-0.4, -0.2) is 5.91 Å². The van der Waals surface area contributed by atoms with Gasteiger partial charge in [-0.15, -0.1) is 0 Å². The van der Waals surface area contributed by atoms with Crippen molar-refractivity contribution in [2.24, 2.45) is 0 Å². The first-order valence-corrected chi connectivity index (χ1v) is 8.72. The van der Waals surface area contributed by atoms with Crippen LogP contribution in [0.2, 0.25) is 0 Å². The van der Waals surface area contributed by atoms with Gasteiger partial charge in [-0.05, 0) is 40.5 Å². The summed E-state index contributed by atoms with van der Waals surface area (Å²) in [4.78, 5) is 12.9. The Labute approximate surface area is 153 Å². The lowest BCUT2D eigenvalue weighted by Gasteiger charge is -2.12. The van der Waals surface area contributed by atoms with E-state index in [1.807, 2.05) is 78.9 Å². The van der Waals surface area contributed by atoms with Gasteiger partial charge in [-0.25, -0.2) is 0 Å². The van der Waals surface area contributed by atoms with Crippen LogP contribution in [0.25, 0.3) is 10.8 Å². The second kappa shape index (κ2) is 7.24. The zero-order valence-corrected chi connectivity index (χ0v) is 14.4. The maximum Gasteiger partial charge on any atom is 0.256 e. The number of carbonyl (C=O) groups is 1. The Kier molecular flexibility index (Phi) is 4.48. The molecular formula is C24H19NO. The highest BCUT2D eigenvalue weighted by atomic mass is 16.1. The standard InChI is InChI=1S/C24H19NO/c26-24(22-15-8-13-19-11-4-6-14-21(19)22)25-23-16-7-5-12-20(23)17-18-9-2-1-3-10-18/h1-16H,17H2,(H,25,26). The summed E-state index contributed by atoms with van der Waals surface area (Å²) in [5.74, 6) is -0.0812. The number of rotatable bonds is 4. The van der Waals surface area contributed by atoms with E-state index in [0.717, 1.165) is 28.4 Å². The molecule has 0 aliphatic heterocycles. The fourth-order valence-electron chi connectivity index (χ4n) is 3.23. The highest BCUT2D eigenvalue weighted by Gasteiger charge is 2.12. The molecule has 4 aromatic rings. The predicted molar refractivity (Wildman–Crippen MR) is 108 cm³/mol. The van der Waals surface area contributed by atoms with Gasteiger partial charge in [-0.1, -0.05) is 84.9 Å². The lowest BCUT2D eigenvalue weighted by molar-refractivity contribution is 0.102. The first-order chi connectivity index (χ1) is 12.8. The van der Waals surface area contributed by atoms with Crippen LogP contribution in [0.5, 0.6) is 0 Å². The van der Waals surface area contributed by atoms with E-state index >= 15 is 0 Å². The normalized spacial score (nSPS) is 10.6. The molecule has 1 amide bonds. The molecule has 0 unspecified atom stereocenters. The van der Waals surface area contributed by atoms with Crippen molar-refractivity contribution in [2.45, 2.75) is 6.42 Å². The van der Waals surface area contributed by atoms with Gasteiger partial charge in [0.25, 0.3) is 5.91 Å². The molecule has 2 heteroatoms. The zero-order chi connectivity index (χ0) is 17.8. The summed E-state index contributed by atoms with van der Waals surface area (Å²) in [6, 6.07) is 32.0. The minimum Gasteiger partial charge on any atom is -0.322 e. The van der Waals surface area contributed by atoms with Crippen molar-refractivity contribution in [1.29, 1.82) is 0 Å². The van der Waals surface area contributed by atoms with Gasteiger partial charge in [0, 0.05) is 11.3 Å². The Morgan fingerprint density at radius 1 is 0.692 bits per heavy atom. The number of hydrogen-bond acceptors (Lipinski definition) is 1. The zero-order valence-electron chi connectivity index (χ0n) is 14.4. The van der Waals surface area contributed by atoms with Gasteiger partial charge in [0.1, 0.15) is 0 Å². The molecule has 0 spiro atoms. The van der Waals surface area contributed by atoms with Crippen molar-refractivity contribution in [2.75, 3.05) is 5.32 Å². The quantitative estimate of drug-likeness (QED) is 0.510. The highest BCUT2D eigenvalue weighted by molar-refractivity contribution is 6.13. The monoisotopic (exact) mass is 337 g/mol. The number of benzene rings is 4. The minimum absolute atomic E-state index is 0.0812. The molecule has 4 rings (SSSR count). The third kappa shape index (κ3) is 3.35. The smallest absolute Gasteiger partial charge is 0.256 e. The molecule has 0 saturated carbocycles. The van der Waals surface area contributed by atoms with Gasteiger partial charge in [0.2, 0.25) is 0 Å². The van der Waals surface area contributed by atoms with Crippen LogP contribution in [0.15, 0.2) is 97.1 Å². The molecule has 4 aromatic carbocycles. The van der Waals surface area contributed by atoms with Crippen molar-refractivity contribution >= 4 is 22.4 Å². The highest BCUT2D eigenvalue weighted by Crippen LogP contribution is 2.23. The van der Waals surface area contributed by atoms with Crippen molar-refractivity contribution in [3.8, 4) is 0 Å². The van der Waals surface area contributed by atoms with Crippen molar-refractivity contribution in [3.63, 3.8) is 0 Å². The maximum absolute atomic E-state index is 12.9. The minimum atomic E-state index is -0.0812. The van der Waals surface area contributed by atoms with E-state index in [9.17, 15) is 4.79 Å². The first-order valence-electron chi connectivity index (χ1n) is 8.72. The number of amides is 1. The van der Waals surface area contributed by atoms with Crippen LogP contribution < -0.4 is 5.32 Å². The van der Waals surface area contributed by atoms with Crippen LogP contribution in [0.4, 0.5) is 5.69 Å². The predicted octanol–water partition coefficient (Wildman–Crippen LogP) is 5.68. The number of para-hydroxylation sites is 1. The molecule has 0 aliphatic carbocycles. The van der Waals surface area contributed by atoms with Crippen molar-refractivity contribution in [1.82, 2.24) is 0 Å². The van der Waals surface area contributed by atoms with Gasteiger partial charge in [0.15, 0.2) is 0 Å². The fraction of sp³-hybridized carbons (Fsp3) is 0.0417. The molecule has 1 N–H and O–H groups in total. The second-order valence-corrected chi connectivity index (χ2v) is 6.30. The Morgan fingerprint density at radius 3 is 2.27 bits per heavy atom. The molecule has 0 atom stereocenters. The summed E-state index contributed by atoms with van der Waals surface area (Å²) in [6.07, 6.45) is 0.785. The van der Waals surface area contributed by atoms with E-state index in [-0.39, 0.29) is 5.91 Å². The van der Waals surface area contributed by atoms with Gasteiger partial charge >= 0.3 is 0 Å². The number of hydrogen-bond donors (Lipinski definition) is 1. The van der Waals surface area contributed by atoms with E-state index in [4.69, 9.17) is 0 Å². The van der Waals surface area contributed by atoms with Crippen LogP contribution in [0.3, 0.4) is 0 Å². The van der Waals surface area contributed by atoms with E-state index < -0.39 is 0 Å². The average Bonchev–Trinajstić information content (AvgIpc) is 2.70. The summed E-state index contributed by atoms with van der Waals surface area (Å²) >= 11 is 0. The molecule has 0 radical (unpaired) electrons.